The Bertz CT molecular complexity index is 240. The summed E-state index contributed by atoms with van der Waals surface area (Å²) >= 11 is 0. The fourth-order valence-corrected chi connectivity index (χ4v) is 1.91. The standard InChI is InChI=1S/C7H11N3O/c1-4-2-7(3-4)5(11)9-6(8)10-7/h4H,2-3H2,1H3,(H3,8,9,10,11). The summed E-state index contributed by atoms with van der Waals surface area (Å²) in [5, 5.41) is 2.52. The molecule has 2 aliphatic rings. The van der Waals surface area contributed by atoms with Gasteiger partial charge >= 0.3 is 0 Å². The van der Waals surface area contributed by atoms with Gasteiger partial charge in [-0.3, -0.25) is 10.1 Å². The van der Waals surface area contributed by atoms with E-state index in [9.17, 15) is 4.79 Å². The van der Waals surface area contributed by atoms with Crippen LogP contribution in [0.1, 0.15) is 19.8 Å². The first-order valence-electron chi connectivity index (χ1n) is 3.79. The number of hydrogen-bond donors (Lipinski definition) is 2. The van der Waals surface area contributed by atoms with Crippen molar-refractivity contribution in [3.05, 3.63) is 0 Å². The number of aliphatic imine (C=N–C) groups is 1. The van der Waals surface area contributed by atoms with Crippen LogP contribution in [0.4, 0.5) is 0 Å². The Morgan fingerprint density at radius 2 is 2.36 bits per heavy atom. The van der Waals surface area contributed by atoms with E-state index < -0.39 is 5.54 Å². The van der Waals surface area contributed by atoms with Crippen molar-refractivity contribution >= 4 is 11.9 Å². The summed E-state index contributed by atoms with van der Waals surface area (Å²) < 4.78 is 0. The molecule has 0 aromatic rings. The second-order valence-corrected chi connectivity index (χ2v) is 3.50. The predicted molar refractivity (Wildman–Crippen MR) is 40.9 cm³/mol. The zero-order valence-corrected chi connectivity index (χ0v) is 6.42. The zero-order chi connectivity index (χ0) is 8.06. The van der Waals surface area contributed by atoms with E-state index in [1.165, 1.54) is 0 Å². The molecule has 1 fully saturated rings. The Balaban J connectivity index is 2.21. The summed E-state index contributed by atoms with van der Waals surface area (Å²) in [6.45, 7) is 2.11. The maximum atomic E-state index is 11.2. The van der Waals surface area contributed by atoms with Gasteiger partial charge in [0.15, 0.2) is 5.96 Å². The summed E-state index contributed by atoms with van der Waals surface area (Å²) in [7, 11) is 0. The van der Waals surface area contributed by atoms with Gasteiger partial charge in [0.05, 0.1) is 0 Å². The first-order valence-corrected chi connectivity index (χ1v) is 3.79. The van der Waals surface area contributed by atoms with E-state index >= 15 is 0 Å². The number of nitrogens with one attached hydrogen (secondary N) is 1. The molecule has 0 bridgehead atoms. The summed E-state index contributed by atoms with van der Waals surface area (Å²) in [5.74, 6) is 0.866. The number of guanidine groups is 1. The van der Waals surface area contributed by atoms with E-state index in [4.69, 9.17) is 5.73 Å². The van der Waals surface area contributed by atoms with Gasteiger partial charge in [-0.2, -0.15) is 0 Å². The van der Waals surface area contributed by atoms with Gasteiger partial charge in [0.1, 0.15) is 5.54 Å². The number of hydrogen-bond acceptors (Lipinski definition) is 3. The van der Waals surface area contributed by atoms with Gasteiger partial charge in [-0.05, 0) is 18.8 Å². The number of nitrogens with two attached hydrogens (primary N) is 1. The van der Waals surface area contributed by atoms with E-state index in [2.05, 4.69) is 17.2 Å². The molecule has 0 aromatic heterocycles. The lowest BCUT2D eigenvalue weighted by Crippen LogP contribution is -2.49. The maximum absolute atomic E-state index is 11.2. The molecule has 0 unspecified atom stereocenters. The van der Waals surface area contributed by atoms with Crippen molar-refractivity contribution in [1.29, 1.82) is 0 Å². The van der Waals surface area contributed by atoms with Crippen molar-refractivity contribution in [2.45, 2.75) is 25.3 Å². The molecule has 1 aliphatic carbocycles. The highest BCUT2D eigenvalue weighted by atomic mass is 16.2. The number of nitrogens with zero attached hydrogens (tertiary/aromatic N) is 1. The van der Waals surface area contributed by atoms with Gasteiger partial charge in [0.25, 0.3) is 5.91 Å². The highest BCUT2D eigenvalue weighted by molar-refractivity contribution is 6.07. The summed E-state index contributed by atoms with van der Waals surface area (Å²) in [5.41, 5.74) is 4.90. The Morgan fingerprint density at radius 1 is 1.73 bits per heavy atom. The van der Waals surface area contributed by atoms with Gasteiger partial charge in [0.2, 0.25) is 0 Å². The molecule has 1 aliphatic heterocycles. The van der Waals surface area contributed by atoms with Crippen LogP contribution < -0.4 is 11.1 Å². The normalized spacial score (nSPS) is 41.7. The van der Waals surface area contributed by atoms with Gasteiger partial charge in [-0.25, -0.2) is 4.99 Å². The minimum absolute atomic E-state index is 0.0203. The number of rotatable bonds is 0. The highest BCUT2D eigenvalue weighted by Crippen LogP contribution is 2.42. The lowest BCUT2D eigenvalue weighted by molar-refractivity contribution is -0.127. The minimum atomic E-state index is -0.469. The molecule has 4 heteroatoms. The first-order chi connectivity index (χ1) is 5.12. The fourth-order valence-electron chi connectivity index (χ4n) is 1.91. The molecule has 0 radical (unpaired) electrons. The molecule has 60 valence electrons. The molecule has 2 rings (SSSR count). The molecule has 11 heavy (non-hydrogen) atoms. The molecule has 0 saturated heterocycles. The van der Waals surface area contributed by atoms with Gasteiger partial charge < -0.3 is 5.73 Å². The summed E-state index contributed by atoms with van der Waals surface area (Å²) in [4.78, 5) is 15.3. The number of carbonyl (C=O) groups is 1. The van der Waals surface area contributed by atoms with Crippen LogP contribution in [0.2, 0.25) is 0 Å². The molecular weight excluding hydrogens is 142 g/mol. The predicted octanol–water partition coefficient (Wildman–Crippen LogP) is -0.400. The summed E-state index contributed by atoms with van der Waals surface area (Å²) in [6.07, 6.45) is 1.69. The van der Waals surface area contributed by atoms with Gasteiger partial charge in [0, 0.05) is 0 Å². The molecule has 3 N–H and O–H groups in total. The van der Waals surface area contributed by atoms with Crippen molar-refractivity contribution in [2.75, 3.05) is 0 Å². The first kappa shape index (κ1) is 6.64. The molecule has 4 nitrogen and oxygen atoms in total. The van der Waals surface area contributed by atoms with E-state index in [0.717, 1.165) is 12.8 Å². The lowest BCUT2D eigenvalue weighted by Gasteiger charge is -2.38. The summed E-state index contributed by atoms with van der Waals surface area (Å²) in [6, 6.07) is 0. The maximum Gasteiger partial charge on any atom is 0.254 e. The van der Waals surface area contributed by atoms with Crippen LogP contribution in [0.25, 0.3) is 0 Å². The van der Waals surface area contributed by atoms with Gasteiger partial charge in [-0.15, -0.1) is 0 Å². The van der Waals surface area contributed by atoms with Crippen molar-refractivity contribution in [3.63, 3.8) is 0 Å². The molecule has 1 spiro atoms. The Morgan fingerprint density at radius 3 is 2.73 bits per heavy atom. The molecule has 1 amide bonds. The van der Waals surface area contributed by atoms with Crippen LogP contribution in [0.15, 0.2) is 4.99 Å². The van der Waals surface area contributed by atoms with Crippen LogP contribution >= 0.6 is 0 Å². The van der Waals surface area contributed by atoms with E-state index in [1.807, 2.05) is 0 Å². The Labute approximate surface area is 64.9 Å². The van der Waals surface area contributed by atoms with Crippen molar-refractivity contribution in [2.24, 2.45) is 16.6 Å². The monoisotopic (exact) mass is 153 g/mol. The van der Waals surface area contributed by atoms with E-state index in [1.54, 1.807) is 0 Å². The molecular formula is C7H11N3O. The van der Waals surface area contributed by atoms with Gasteiger partial charge in [-0.1, -0.05) is 6.92 Å². The topological polar surface area (TPSA) is 67.5 Å². The molecule has 0 atom stereocenters. The average molecular weight is 153 g/mol. The second kappa shape index (κ2) is 1.75. The van der Waals surface area contributed by atoms with E-state index in [-0.39, 0.29) is 11.9 Å². The van der Waals surface area contributed by atoms with Crippen LogP contribution in [0, 0.1) is 5.92 Å². The molecule has 1 heterocycles. The van der Waals surface area contributed by atoms with E-state index in [0.29, 0.717) is 5.92 Å². The third kappa shape index (κ3) is 0.751. The van der Waals surface area contributed by atoms with Crippen molar-refractivity contribution in [1.82, 2.24) is 5.32 Å². The van der Waals surface area contributed by atoms with Crippen LogP contribution in [-0.4, -0.2) is 17.4 Å². The third-order valence-electron chi connectivity index (χ3n) is 2.37. The van der Waals surface area contributed by atoms with Crippen LogP contribution in [-0.2, 0) is 4.79 Å². The van der Waals surface area contributed by atoms with Crippen LogP contribution in [0.5, 0.6) is 0 Å². The zero-order valence-electron chi connectivity index (χ0n) is 6.42. The molecule has 1 saturated carbocycles. The molecule has 0 aromatic carbocycles. The second-order valence-electron chi connectivity index (χ2n) is 3.50. The largest absolute Gasteiger partial charge is 0.370 e. The Hall–Kier alpha value is -1.06. The SMILES string of the molecule is CC1CC2(C1)N=C(N)NC2=O. The number of amides is 1. The fraction of sp³-hybridized carbons (Fsp3) is 0.714. The van der Waals surface area contributed by atoms with Crippen molar-refractivity contribution < 1.29 is 4.79 Å². The average Bonchev–Trinajstić information content (AvgIpc) is 2.06. The Kier molecular flexibility index (Phi) is 1.06. The lowest BCUT2D eigenvalue weighted by atomic mass is 9.69. The third-order valence-corrected chi connectivity index (χ3v) is 2.37. The quantitative estimate of drug-likeness (QED) is 0.497. The number of carbonyl (C=O) groups excluding carboxylic acids is 1. The minimum Gasteiger partial charge on any atom is -0.370 e. The highest BCUT2D eigenvalue weighted by Gasteiger charge is 2.51. The van der Waals surface area contributed by atoms with Crippen molar-refractivity contribution in [3.8, 4) is 0 Å². The smallest absolute Gasteiger partial charge is 0.254 e. The van der Waals surface area contributed by atoms with Crippen LogP contribution in [0.3, 0.4) is 0 Å².